The number of hydrogen-bond acceptors (Lipinski definition) is 6. The molecule has 0 radical (unpaired) electrons. The Labute approximate surface area is 165 Å². The first-order valence-electron chi connectivity index (χ1n) is 10.3. The predicted molar refractivity (Wildman–Crippen MR) is 102 cm³/mol. The fraction of sp³-hybridized carbons (Fsp3) is 0.700. The minimum absolute atomic E-state index is 0.0571. The molecule has 2 aliphatic rings. The van der Waals surface area contributed by atoms with Gasteiger partial charge in [0.15, 0.2) is 0 Å². The lowest BCUT2D eigenvalue weighted by atomic mass is 10.0. The van der Waals surface area contributed by atoms with Crippen LogP contribution in [0.2, 0.25) is 0 Å². The number of aromatic nitrogens is 4. The standard InChI is InChI=1S/C20H29N5O3/c1-13-12-14(2)25(23-13)15(3)20(26)24-9-5-4-6-17(24)19-22-21-18(28-19)16-7-10-27-11-8-16/h12,15-17H,4-11H2,1-3H3/t15-,17+/m0/s1. The third-order valence-electron chi connectivity index (χ3n) is 5.87. The van der Waals surface area contributed by atoms with Crippen molar-refractivity contribution in [3.63, 3.8) is 0 Å². The largest absolute Gasteiger partial charge is 0.423 e. The minimum atomic E-state index is -0.354. The third-order valence-corrected chi connectivity index (χ3v) is 5.87. The van der Waals surface area contributed by atoms with E-state index in [1.54, 1.807) is 0 Å². The highest BCUT2D eigenvalue weighted by Crippen LogP contribution is 2.34. The van der Waals surface area contributed by atoms with Crippen molar-refractivity contribution in [1.29, 1.82) is 0 Å². The smallest absolute Gasteiger partial charge is 0.247 e. The van der Waals surface area contributed by atoms with Crippen LogP contribution in [-0.4, -0.2) is 50.5 Å². The minimum Gasteiger partial charge on any atom is -0.423 e. The highest BCUT2D eigenvalue weighted by atomic mass is 16.5. The van der Waals surface area contributed by atoms with Crippen LogP contribution in [0.1, 0.15) is 80.2 Å². The second-order valence-corrected chi connectivity index (χ2v) is 7.96. The van der Waals surface area contributed by atoms with Crippen molar-refractivity contribution in [2.75, 3.05) is 19.8 Å². The Hall–Kier alpha value is -2.22. The van der Waals surface area contributed by atoms with Crippen LogP contribution in [0.3, 0.4) is 0 Å². The Morgan fingerprint density at radius 2 is 1.89 bits per heavy atom. The Kier molecular flexibility index (Phi) is 5.48. The molecule has 4 heterocycles. The van der Waals surface area contributed by atoms with Crippen molar-refractivity contribution in [2.45, 2.75) is 70.9 Å². The predicted octanol–water partition coefficient (Wildman–Crippen LogP) is 3.09. The molecule has 0 saturated carbocycles. The number of nitrogens with zero attached hydrogens (tertiary/aromatic N) is 5. The zero-order valence-electron chi connectivity index (χ0n) is 16.9. The Morgan fingerprint density at radius 3 is 2.61 bits per heavy atom. The number of piperidine rings is 1. The van der Waals surface area contributed by atoms with Gasteiger partial charge in [0.2, 0.25) is 17.7 Å². The van der Waals surface area contributed by atoms with E-state index >= 15 is 0 Å². The van der Waals surface area contributed by atoms with Crippen LogP contribution in [0.25, 0.3) is 0 Å². The van der Waals surface area contributed by atoms with Gasteiger partial charge >= 0.3 is 0 Å². The molecule has 2 saturated heterocycles. The van der Waals surface area contributed by atoms with Gasteiger partial charge in [-0.05, 0) is 58.9 Å². The van der Waals surface area contributed by atoms with Gasteiger partial charge in [-0.3, -0.25) is 9.48 Å². The van der Waals surface area contributed by atoms with Gasteiger partial charge < -0.3 is 14.1 Å². The van der Waals surface area contributed by atoms with Gasteiger partial charge in [0, 0.05) is 31.4 Å². The topological polar surface area (TPSA) is 86.3 Å². The van der Waals surface area contributed by atoms with Gasteiger partial charge in [-0.15, -0.1) is 10.2 Å². The van der Waals surface area contributed by atoms with Crippen LogP contribution in [0.4, 0.5) is 0 Å². The van der Waals surface area contributed by atoms with Crippen molar-refractivity contribution in [2.24, 2.45) is 0 Å². The highest BCUT2D eigenvalue weighted by Gasteiger charge is 2.35. The fourth-order valence-electron chi connectivity index (χ4n) is 4.33. The molecule has 0 aliphatic carbocycles. The summed E-state index contributed by atoms with van der Waals surface area (Å²) in [6, 6.07) is 1.49. The molecule has 1 amide bonds. The van der Waals surface area contributed by atoms with Crippen LogP contribution in [0, 0.1) is 13.8 Å². The zero-order valence-corrected chi connectivity index (χ0v) is 16.9. The average Bonchev–Trinajstić information content (AvgIpc) is 3.34. The molecule has 4 rings (SSSR count). The van der Waals surface area contributed by atoms with E-state index in [9.17, 15) is 4.79 Å². The van der Waals surface area contributed by atoms with Gasteiger partial charge in [0.25, 0.3) is 0 Å². The second kappa shape index (κ2) is 8.03. The molecule has 0 aromatic carbocycles. The number of ether oxygens (including phenoxy) is 1. The highest BCUT2D eigenvalue weighted by molar-refractivity contribution is 5.80. The molecule has 2 aromatic rings. The Bertz CT molecular complexity index is 824. The molecule has 2 atom stereocenters. The number of rotatable bonds is 4. The van der Waals surface area contributed by atoms with Crippen LogP contribution in [-0.2, 0) is 9.53 Å². The first-order valence-corrected chi connectivity index (χ1v) is 10.3. The first kappa shape index (κ1) is 19.1. The van der Waals surface area contributed by atoms with E-state index in [4.69, 9.17) is 9.15 Å². The Balaban J connectivity index is 1.53. The van der Waals surface area contributed by atoms with Crippen LogP contribution in [0.5, 0.6) is 0 Å². The summed E-state index contributed by atoms with van der Waals surface area (Å²) in [6.07, 6.45) is 4.71. The lowest BCUT2D eigenvalue weighted by Crippen LogP contribution is -2.42. The number of likely N-dealkylation sites (tertiary alicyclic amines) is 1. The summed E-state index contributed by atoms with van der Waals surface area (Å²) in [5.41, 5.74) is 1.91. The van der Waals surface area contributed by atoms with E-state index in [0.717, 1.165) is 56.7 Å². The Morgan fingerprint density at radius 1 is 1.14 bits per heavy atom. The lowest BCUT2D eigenvalue weighted by Gasteiger charge is -2.35. The van der Waals surface area contributed by atoms with Crippen LogP contribution in [0.15, 0.2) is 10.5 Å². The van der Waals surface area contributed by atoms with Gasteiger partial charge in [0.05, 0.1) is 5.69 Å². The zero-order chi connectivity index (χ0) is 19.7. The summed E-state index contributed by atoms with van der Waals surface area (Å²) >= 11 is 0. The molecule has 0 bridgehead atoms. The summed E-state index contributed by atoms with van der Waals surface area (Å²) in [6.45, 7) is 8.01. The molecule has 2 aliphatic heterocycles. The molecule has 152 valence electrons. The van der Waals surface area contributed by atoms with Gasteiger partial charge in [-0.1, -0.05) is 0 Å². The van der Waals surface area contributed by atoms with Gasteiger partial charge in [-0.2, -0.15) is 5.10 Å². The van der Waals surface area contributed by atoms with E-state index in [1.165, 1.54) is 0 Å². The van der Waals surface area contributed by atoms with E-state index in [0.29, 0.717) is 18.3 Å². The maximum atomic E-state index is 13.3. The van der Waals surface area contributed by atoms with Crippen LogP contribution >= 0.6 is 0 Å². The molecular weight excluding hydrogens is 358 g/mol. The summed E-state index contributed by atoms with van der Waals surface area (Å²) in [5, 5.41) is 13.1. The molecule has 8 nitrogen and oxygen atoms in total. The third kappa shape index (κ3) is 3.70. The van der Waals surface area contributed by atoms with Crippen molar-refractivity contribution in [3.05, 3.63) is 29.2 Å². The van der Waals surface area contributed by atoms with Crippen molar-refractivity contribution in [3.8, 4) is 0 Å². The maximum Gasteiger partial charge on any atom is 0.247 e. The summed E-state index contributed by atoms with van der Waals surface area (Å²) in [7, 11) is 0. The molecule has 2 aromatic heterocycles. The van der Waals surface area contributed by atoms with E-state index in [2.05, 4.69) is 15.3 Å². The molecule has 0 unspecified atom stereocenters. The SMILES string of the molecule is Cc1cc(C)n([C@@H](C)C(=O)N2CCCC[C@@H]2c2nnc(C3CCOCC3)o2)n1. The number of aryl methyl sites for hydroxylation is 2. The molecule has 8 heteroatoms. The second-order valence-electron chi connectivity index (χ2n) is 7.96. The van der Waals surface area contributed by atoms with Gasteiger partial charge in [-0.25, -0.2) is 0 Å². The monoisotopic (exact) mass is 387 g/mol. The molecular formula is C20H29N5O3. The first-order chi connectivity index (χ1) is 13.5. The molecule has 28 heavy (non-hydrogen) atoms. The summed E-state index contributed by atoms with van der Waals surface area (Å²) in [4.78, 5) is 15.2. The lowest BCUT2D eigenvalue weighted by molar-refractivity contribution is -0.139. The molecule has 2 fully saturated rings. The van der Waals surface area contributed by atoms with Crippen LogP contribution < -0.4 is 0 Å². The molecule has 0 N–H and O–H groups in total. The number of amides is 1. The number of carbonyl (C=O) groups excluding carboxylic acids is 1. The molecule has 0 spiro atoms. The summed E-state index contributed by atoms with van der Waals surface area (Å²) < 4.78 is 13.3. The van der Waals surface area contributed by atoms with Crippen molar-refractivity contribution < 1.29 is 13.9 Å². The number of carbonyl (C=O) groups is 1. The summed E-state index contributed by atoms with van der Waals surface area (Å²) in [5.74, 6) is 1.57. The van der Waals surface area contributed by atoms with E-state index in [1.807, 2.05) is 36.4 Å². The fourth-order valence-corrected chi connectivity index (χ4v) is 4.33. The van der Waals surface area contributed by atoms with E-state index < -0.39 is 0 Å². The van der Waals surface area contributed by atoms with Crippen molar-refractivity contribution >= 4 is 5.91 Å². The van der Waals surface area contributed by atoms with E-state index in [-0.39, 0.29) is 23.9 Å². The van der Waals surface area contributed by atoms with Crippen molar-refractivity contribution in [1.82, 2.24) is 24.9 Å². The maximum absolute atomic E-state index is 13.3. The average molecular weight is 387 g/mol. The normalized spacial score (nSPS) is 22.4. The quantitative estimate of drug-likeness (QED) is 0.801. The van der Waals surface area contributed by atoms with Gasteiger partial charge in [0.1, 0.15) is 12.1 Å². The number of hydrogen-bond donors (Lipinski definition) is 0.